The Hall–Kier alpha value is -1.29. The Morgan fingerprint density at radius 3 is 2.56 bits per heavy atom. The Bertz CT molecular complexity index is 377. The van der Waals surface area contributed by atoms with Crippen LogP contribution in [0.2, 0.25) is 0 Å². The Labute approximate surface area is 93.2 Å². The lowest BCUT2D eigenvalue weighted by molar-refractivity contribution is -0.128. The Morgan fingerprint density at radius 1 is 1.38 bits per heavy atom. The second-order valence-electron chi connectivity index (χ2n) is 3.54. The first-order valence-corrected chi connectivity index (χ1v) is 5.13. The summed E-state index contributed by atoms with van der Waals surface area (Å²) in [6.45, 7) is 3.67. The zero-order chi connectivity index (χ0) is 12.1. The van der Waals surface area contributed by atoms with Crippen LogP contribution in [0.4, 0.5) is 8.78 Å². The van der Waals surface area contributed by atoms with Gasteiger partial charge in [-0.2, -0.15) is 0 Å². The van der Waals surface area contributed by atoms with E-state index in [9.17, 15) is 13.6 Å². The summed E-state index contributed by atoms with van der Waals surface area (Å²) in [5.74, 6) is -2.12. The molecule has 0 saturated heterocycles. The fourth-order valence-corrected chi connectivity index (χ4v) is 1.36. The molecule has 0 spiro atoms. The van der Waals surface area contributed by atoms with Crippen molar-refractivity contribution in [3.63, 3.8) is 0 Å². The minimum Gasteiger partial charge on any atom is -0.366 e. The van der Waals surface area contributed by atoms with Gasteiger partial charge in [0.2, 0.25) is 0 Å². The molecule has 0 saturated carbocycles. The number of hydrogen-bond donors (Lipinski definition) is 0. The predicted octanol–water partition coefficient (Wildman–Crippen LogP) is 3.02. The lowest BCUT2D eigenvalue weighted by Gasteiger charge is -2.15. The number of halogens is 2. The number of Topliss-reactive ketones (excluding diaryl/α,β-unsaturated/α-hetero) is 1. The Kier molecular flexibility index (Phi) is 4.55. The molecule has 1 aromatic rings. The SMILES string of the molecule is CCCOC(C(C)=O)c1ccc(F)c(F)c1. The number of ketones is 1. The van der Waals surface area contributed by atoms with Crippen LogP contribution in [0.15, 0.2) is 18.2 Å². The van der Waals surface area contributed by atoms with Crippen molar-refractivity contribution in [2.75, 3.05) is 6.61 Å². The van der Waals surface area contributed by atoms with Crippen molar-refractivity contribution in [3.05, 3.63) is 35.4 Å². The first-order valence-electron chi connectivity index (χ1n) is 5.13. The smallest absolute Gasteiger partial charge is 0.163 e. The van der Waals surface area contributed by atoms with Crippen LogP contribution in [-0.2, 0) is 9.53 Å². The fourth-order valence-electron chi connectivity index (χ4n) is 1.36. The standard InChI is InChI=1S/C12H14F2O2/c1-3-6-16-12(8(2)15)9-4-5-10(13)11(14)7-9/h4-5,7,12H,3,6H2,1-2H3. The van der Waals surface area contributed by atoms with Crippen LogP contribution >= 0.6 is 0 Å². The molecule has 4 heteroatoms. The number of benzene rings is 1. The lowest BCUT2D eigenvalue weighted by Crippen LogP contribution is -2.14. The summed E-state index contributed by atoms with van der Waals surface area (Å²) < 4.78 is 31.0. The van der Waals surface area contributed by atoms with Crippen molar-refractivity contribution in [1.82, 2.24) is 0 Å². The average molecular weight is 228 g/mol. The minimum atomic E-state index is -0.969. The molecule has 0 amide bonds. The van der Waals surface area contributed by atoms with E-state index in [0.717, 1.165) is 18.6 Å². The zero-order valence-corrected chi connectivity index (χ0v) is 9.30. The molecule has 1 aromatic carbocycles. The Balaban J connectivity index is 2.92. The lowest BCUT2D eigenvalue weighted by atomic mass is 10.1. The van der Waals surface area contributed by atoms with Crippen LogP contribution in [0, 0.1) is 11.6 Å². The van der Waals surface area contributed by atoms with Crippen LogP contribution < -0.4 is 0 Å². The van der Waals surface area contributed by atoms with Gasteiger partial charge >= 0.3 is 0 Å². The molecule has 0 aliphatic rings. The third-order valence-corrected chi connectivity index (χ3v) is 2.10. The second-order valence-corrected chi connectivity index (χ2v) is 3.54. The largest absolute Gasteiger partial charge is 0.366 e. The molecule has 0 N–H and O–H groups in total. The van der Waals surface area contributed by atoms with Crippen molar-refractivity contribution in [3.8, 4) is 0 Å². The predicted molar refractivity (Wildman–Crippen MR) is 56.0 cm³/mol. The van der Waals surface area contributed by atoms with Crippen molar-refractivity contribution in [2.24, 2.45) is 0 Å². The van der Waals surface area contributed by atoms with Gasteiger partial charge < -0.3 is 4.74 Å². The molecular weight excluding hydrogens is 214 g/mol. The van der Waals surface area contributed by atoms with Crippen LogP contribution in [0.5, 0.6) is 0 Å². The minimum absolute atomic E-state index is 0.223. The average Bonchev–Trinajstić information content (AvgIpc) is 2.23. The van der Waals surface area contributed by atoms with Gasteiger partial charge in [-0.15, -0.1) is 0 Å². The Morgan fingerprint density at radius 2 is 2.06 bits per heavy atom. The highest BCUT2D eigenvalue weighted by molar-refractivity contribution is 5.81. The maximum atomic E-state index is 13.0. The zero-order valence-electron chi connectivity index (χ0n) is 9.30. The van der Waals surface area contributed by atoms with E-state index in [0.29, 0.717) is 12.2 Å². The molecule has 0 fully saturated rings. The van der Waals surface area contributed by atoms with Crippen molar-refractivity contribution in [2.45, 2.75) is 26.4 Å². The van der Waals surface area contributed by atoms with Gasteiger partial charge in [0.25, 0.3) is 0 Å². The van der Waals surface area contributed by atoms with Gasteiger partial charge in [-0.05, 0) is 31.0 Å². The molecule has 88 valence electrons. The number of carbonyl (C=O) groups is 1. The van der Waals surface area contributed by atoms with E-state index < -0.39 is 17.7 Å². The highest BCUT2D eigenvalue weighted by atomic mass is 19.2. The monoisotopic (exact) mass is 228 g/mol. The molecule has 16 heavy (non-hydrogen) atoms. The van der Waals surface area contributed by atoms with Crippen molar-refractivity contribution >= 4 is 5.78 Å². The van der Waals surface area contributed by atoms with Gasteiger partial charge in [0.1, 0.15) is 6.10 Å². The third kappa shape index (κ3) is 3.10. The normalized spacial score (nSPS) is 12.5. The summed E-state index contributed by atoms with van der Waals surface area (Å²) in [4.78, 5) is 11.3. The highest BCUT2D eigenvalue weighted by Gasteiger charge is 2.18. The van der Waals surface area contributed by atoms with E-state index in [2.05, 4.69) is 0 Å². The molecular formula is C12H14F2O2. The summed E-state index contributed by atoms with van der Waals surface area (Å²) in [5, 5.41) is 0. The molecule has 1 atom stereocenters. The molecule has 0 aliphatic carbocycles. The maximum Gasteiger partial charge on any atom is 0.163 e. The number of rotatable bonds is 5. The first kappa shape index (κ1) is 12.8. The number of hydrogen-bond acceptors (Lipinski definition) is 2. The quantitative estimate of drug-likeness (QED) is 0.774. The first-order chi connectivity index (χ1) is 7.56. The van der Waals surface area contributed by atoms with Crippen LogP contribution in [-0.4, -0.2) is 12.4 Å². The fraction of sp³-hybridized carbons (Fsp3) is 0.417. The van der Waals surface area contributed by atoms with Gasteiger partial charge in [0.05, 0.1) is 0 Å². The van der Waals surface area contributed by atoms with Crippen LogP contribution in [0.25, 0.3) is 0 Å². The van der Waals surface area contributed by atoms with E-state index in [1.54, 1.807) is 0 Å². The maximum absolute atomic E-state index is 13.0. The second kappa shape index (κ2) is 5.70. The van der Waals surface area contributed by atoms with Gasteiger partial charge in [0.15, 0.2) is 17.4 Å². The summed E-state index contributed by atoms with van der Waals surface area (Å²) >= 11 is 0. The van der Waals surface area contributed by atoms with E-state index in [1.165, 1.54) is 13.0 Å². The van der Waals surface area contributed by atoms with Crippen LogP contribution in [0.1, 0.15) is 31.9 Å². The summed E-state index contributed by atoms with van der Waals surface area (Å²) in [6.07, 6.45) is -0.0527. The third-order valence-electron chi connectivity index (χ3n) is 2.10. The molecule has 0 heterocycles. The summed E-state index contributed by atoms with van der Waals surface area (Å²) in [7, 11) is 0. The van der Waals surface area contributed by atoms with Gasteiger partial charge in [-0.3, -0.25) is 4.79 Å². The topological polar surface area (TPSA) is 26.3 Å². The van der Waals surface area contributed by atoms with Crippen LogP contribution in [0.3, 0.4) is 0 Å². The highest BCUT2D eigenvalue weighted by Crippen LogP contribution is 2.20. The van der Waals surface area contributed by atoms with E-state index in [1.807, 2.05) is 6.92 Å². The molecule has 1 rings (SSSR count). The molecule has 0 aromatic heterocycles. The summed E-state index contributed by atoms with van der Waals surface area (Å²) in [6, 6.07) is 3.35. The van der Waals surface area contributed by atoms with Gasteiger partial charge in [-0.1, -0.05) is 13.0 Å². The molecule has 2 nitrogen and oxygen atoms in total. The molecule has 0 radical (unpaired) electrons. The number of ether oxygens (including phenoxy) is 1. The molecule has 0 aliphatic heterocycles. The van der Waals surface area contributed by atoms with E-state index in [-0.39, 0.29) is 5.78 Å². The van der Waals surface area contributed by atoms with Gasteiger partial charge in [0, 0.05) is 6.61 Å². The number of carbonyl (C=O) groups excluding carboxylic acids is 1. The molecule has 0 bridgehead atoms. The molecule has 1 unspecified atom stereocenters. The van der Waals surface area contributed by atoms with E-state index in [4.69, 9.17) is 4.74 Å². The van der Waals surface area contributed by atoms with E-state index >= 15 is 0 Å². The summed E-state index contributed by atoms with van der Waals surface area (Å²) in [5.41, 5.74) is 0.347. The van der Waals surface area contributed by atoms with Crippen molar-refractivity contribution in [1.29, 1.82) is 0 Å². The van der Waals surface area contributed by atoms with Crippen molar-refractivity contribution < 1.29 is 18.3 Å². The van der Waals surface area contributed by atoms with Gasteiger partial charge in [-0.25, -0.2) is 8.78 Å².